The summed E-state index contributed by atoms with van der Waals surface area (Å²) >= 11 is 0. The monoisotopic (exact) mass is 191 g/mol. The Kier molecular flexibility index (Phi) is 1.80. The zero-order valence-corrected chi connectivity index (χ0v) is 8.61. The Morgan fingerprint density at radius 1 is 1.43 bits per heavy atom. The quantitative estimate of drug-likeness (QED) is 0.619. The first kappa shape index (κ1) is 9.12. The number of carbonyl (C=O) groups excluding carboxylic acids is 1. The average Bonchev–Trinajstić information content (AvgIpc) is 2.44. The van der Waals surface area contributed by atoms with Crippen LogP contribution in [0.1, 0.15) is 36.8 Å². The van der Waals surface area contributed by atoms with E-state index in [1.807, 2.05) is 31.7 Å². The molecule has 2 rings (SSSR count). The van der Waals surface area contributed by atoms with Crippen LogP contribution in [-0.2, 0) is 6.54 Å². The predicted molar refractivity (Wildman–Crippen MR) is 51.7 cm³/mol. The molecule has 0 aliphatic carbocycles. The number of nitrogens with zero attached hydrogens (tertiary/aromatic N) is 3. The SMILES string of the molecule is CC(C)(C)N1Cc2ccnnc2C1=O. The van der Waals surface area contributed by atoms with Crippen LogP contribution >= 0.6 is 0 Å². The van der Waals surface area contributed by atoms with E-state index in [1.54, 1.807) is 6.20 Å². The molecule has 1 aliphatic heterocycles. The van der Waals surface area contributed by atoms with E-state index >= 15 is 0 Å². The van der Waals surface area contributed by atoms with E-state index in [2.05, 4.69) is 10.2 Å². The highest BCUT2D eigenvalue weighted by Gasteiger charge is 2.35. The van der Waals surface area contributed by atoms with E-state index in [1.165, 1.54) is 0 Å². The van der Waals surface area contributed by atoms with Gasteiger partial charge in [0.2, 0.25) is 0 Å². The zero-order valence-electron chi connectivity index (χ0n) is 8.61. The first-order valence-corrected chi connectivity index (χ1v) is 4.62. The molecule has 0 saturated carbocycles. The lowest BCUT2D eigenvalue weighted by molar-refractivity contribution is 0.0605. The van der Waals surface area contributed by atoms with Crippen LogP contribution in [0.25, 0.3) is 0 Å². The van der Waals surface area contributed by atoms with Crippen LogP contribution in [0, 0.1) is 0 Å². The van der Waals surface area contributed by atoms with E-state index in [0.717, 1.165) is 5.56 Å². The normalized spacial score (nSPS) is 15.9. The summed E-state index contributed by atoms with van der Waals surface area (Å²) in [6, 6.07) is 1.85. The molecular weight excluding hydrogens is 178 g/mol. The van der Waals surface area contributed by atoms with E-state index in [-0.39, 0.29) is 11.4 Å². The van der Waals surface area contributed by atoms with E-state index in [4.69, 9.17) is 0 Å². The molecule has 4 heteroatoms. The third kappa shape index (κ3) is 1.27. The minimum absolute atomic E-state index is 0.0133. The molecule has 1 aliphatic rings. The molecule has 14 heavy (non-hydrogen) atoms. The summed E-state index contributed by atoms with van der Waals surface area (Å²) < 4.78 is 0. The Hall–Kier alpha value is -1.45. The van der Waals surface area contributed by atoms with Gasteiger partial charge in [-0.05, 0) is 26.8 Å². The molecule has 74 valence electrons. The minimum Gasteiger partial charge on any atom is -0.328 e. The maximum absolute atomic E-state index is 11.9. The molecule has 4 nitrogen and oxygen atoms in total. The molecule has 0 spiro atoms. The zero-order chi connectivity index (χ0) is 10.3. The third-order valence-electron chi connectivity index (χ3n) is 2.39. The topological polar surface area (TPSA) is 46.1 Å². The molecular formula is C10H13N3O. The van der Waals surface area contributed by atoms with Crippen LogP contribution in [0.3, 0.4) is 0 Å². The molecule has 0 fully saturated rings. The van der Waals surface area contributed by atoms with Gasteiger partial charge in [-0.15, -0.1) is 5.10 Å². The Morgan fingerprint density at radius 3 is 2.71 bits per heavy atom. The van der Waals surface area contributed by atoms with Crippen molar-refractivity contribution in [2.24, 2.45) is 0 Å². The number of hydrogen-bond acceptors (Lipinski definition) is 3. The maximum Gasteiger partial charge on any atom is 0.275 e. The summed E-state index contributed by atoms with van der Waals surface area (Å²) in [6.07, 6.45) is 1.62. The molecule has 0 saturated heterocycles. The second-order valence-electron chi connectivity index (χ2n) is 4.47. The van der Waals surface area contributed by atoms with Gasteiger partial charge in [0.05, 0.1) is 0 Å². The second-order valence-corrected chi connectivity index (χ2v) is 4.47. The van der Waals surface area contributed by atoms with Gasteiger partial charge in [-0.3, -0.25) is 4.79 Å². The fourth-order valence-electron chi connectivity index (χ4n) is 1.58. The second kappa shape index (κ2) is 2.77. The standard InChI is InChI=1S/C10H13N3O/c1-10(2,3)13-6-7-4-5-11-12-8(7)9(13)14/h4-5H,6H2,1-3H3. The molecule has 2 heterocycles. The molecule has 0 bridgehead atoms. The van der Waals surface area contributed by atoms with E-state index in [0.29, 0.717) is 12.2 Å². The largest absolute Gasteiger partial charge is 0.328 e. The summed E-state index contributed by atoms with van der Waals surface area (Å²) in [5, 5.41) is 7.59. The lowest BCUT2D eigenvalue weighted by Crippen LogP contribution is -2.41. The number of amides is 1. The van der Waals surface area contributed by atoms with Gasteiger partial charge in [0, 0.05) is 23.8 Å². The van der Waals surface area contributed by atoms with Gasteiger partial charge in [0.25, 0.3) is 5.91 Å². The molecule has 0 aromatic carbocycles. The van der Waals surface area contributed by atoms with Crippen LogP contribution in [0.15, 0.2) is 12.3 Å². The Bertz CT molecular complexity index is 381. The highest BCUT2D eigenvalue weighted by molar-refractivity contribution is 5.96. The predicted octanol–water partition coefficient (Wildman–Crippen LogP) is 1.23. The molecule has 1 aromatic heterocycles. The van der Waals surface area contributed by atoms with Crippen LogP contribution < -0.4 is 0 Å². The molecule has 0 radical (unpaired) electrons. The number of fused-ring (bicyclic) bond motifs is 1. The van der Waals surface area contributed by atoms with Crippen molar-refractivity contribution < 1.29 is 4.79 Å². The Balaban J connectivity index is 2.40. The third-order valence-corrected chi connectivity index (χ3v) is 2.39. The van der Waals surface area contributed by atoms with Crippen molar-refractivity contribution in [2.45, 2.75) is 32.9 Å². The Labute approximate surface area is 82.9 Å². The van der Waals surface area contributed by atoms with Crippen LogP contribution in [0.2, 0.25) is 0 Å². The molecule has 1 amide bonds. The smallest absolute Gasteiger partial charge is 0.275 e. The van der Waals surface area contributed by atoms with E-state index < -0.39 is 0 Å². The summed E-state index contributed by atoms with van der Waals surface area (Å²) in [5.41, 5.74) is 1.32. The van der Waals surface area contributed by atoms with Crippen molar-refractivity contribution in [3.05, 3.63) is 23.5 Å². The number of hydrogen-bond donors (Lipinski definition) is 0. The summed E-state index contributed by atoms with van der Waals surface area (Å²) in [5.74, 6) is -0.0133. The highest BCUT2D eigenvalue weighted by atomic mass is 16.2. The molecule has 1 aromatic rings. The van der Waals surface area contributed by atoms with Gasteiger partial charge in [-0.1, -0.05) is 0 Å². The number of aromatic nitrogens is 2. The van der Waals surface area contributed by atoms with Crippen molar-refractivity contribution in [2.75, 3.05) is 0 Å². The van der Waals surface area contributed by atoms with Crippen molar-refractivity contribution in [1.82, 2.24) is 15.1 Å². The summed E-state index contributed by atoms with van der Waals surface area (Å²) in [4.78, 5) is 13.7. The molecule has 0 atom stereocenters. The van der Waals surface area contributed by atoms with Crippen LogP contribution in [0.4, 0.5) is 0 Å². The van der Waals surface area contributed by atoms with Gasteiger partial charge >= 0.3 is 0 Å². The van der Waals surface area contributed by atoms with Gasteiger partial charge in [-0.2, -0.15) is 5.10 Å². The minimum atomic E-state index is -0.155. The highest BCUT2D eigenvalue weighted by Crippen LogP contribution is 2.26. The number of rotatable bonds is 0. The van der Waals surface area contributed by atoms with Gasteiger partial charge in [-0.25, -0.2) is 0 Å². The lowest BCUT2D eigenvalue weighted by Gasteiger charge is -2.31. The van der Waals surface area contributed by atoms with Gasteiger partial charge in [0.1, 0.15) is 0 Å². The summed E-state index contributed by atoms with van der Waals surface area (Å²) in [6.45, 7) is 6.70. The van der Waals surface area contributed by atoms with Crippen molar-refractivity contribution in [1.29, 1.82) is 0 Å². The molecule has 0 N–H and O–H groups in total. The van der Waals surface area contributed by atoms with Gasteiger partial charge < -0.3 is 4.90 Å². The first-order valence-electron chi connectivity index (χ1n) is 4.62. The van der Waals surface area contributed by atoms with Crippen LogP contribution in [-0.4, -0.2) is 26.5 Å². The average molecular weight is 191 g/mol. The lowest BCUT2D eigenvalue weighted by atomic mass is 10.1. The van der Waals surface area contributed by atoms with Gasteiger partial charge in [0.15, 0.2) is 5.69 Å². The van der Waals surface area contributed by atoms with Crippen molar-refractivity contribution in [3.8, 4) is 0 Å². The molecule has 0 unspecified atom stereocenters. The van der Waals surface area contributed by atoms with E-state index in [9.17, 15) is 4.79 Å². The fraction of sp³-hybridized carbons (Fsp3) is 0.500. The fourth-order valence-corrected chi connectivity index (χ4v) is 1.58. The van der Waals surface area contributed by atoms with Crippen LogP contribution in [0.5, 0.6) is 0 Å². The van der Waals surface area contributed by atoms with Crippen molar-refractivity contribution >= 4 is 5.91 Å². The number of carbonyl (C=O) groups is 1. The Morgan fingerprint density at radius 2 is 2.14 bits per heavy atom. The first-order chi connectivity index (χ1) is 6.50. The summed E-state index contributed by atoms with van der Waals surface area (Å²) in [7, 11) is 0. The maximum atomic E-state index is 11.9. The van der Waals surface area contributed by atoms with Crippen molar-refractivity contribution in [3.63, 3.8) is 0 Å².